The fraction of sp³-hybridized carbons (Fsp3) is 0.0312. The first-order chi connectivity index (χ1) is 18.2. The summed E-state index contributed by atoms with van der Waals surface area (Å²) in [6.07, 6.45) is 0.740. The van der Waals surface area contributed by atoms with Crippen LogP contribution in [0.15, 0.2) is 126 Å². The van der Waals surface area contributed by atoms with Crippen molar-refractivity contribution in [2.24, 2.45) is 0 Å². The summed E-state index contributed by atoms with van der Waals surface area (Å²) in [5, 5.41) is 3.14. The van der Waals surface area contributed by atoms with E-state index in [1.807, 2.05) is 103 Å². The Morgan fingerprint density at radius 1 is 0.703 bits per heavy atom. The van der Waals surface area contributed by atoms with E-state index < -0.39 is 0 Å². The zero-order chi connectivity index (χ0) is 25.2. The van der Waals surface area contributed by atoms with Gasteiger partial charge in [-0.1, -0.05) is 72.8 Å². The van der Waals surface area contributed by atoms with Crippen LogP contribution in [0, 0.1) is 0 Å². The number of rotatable bonds is 5. The number of carbonyl (C=O) groups excluding carboxylic acids is 1. The van der Waals surface area contributed by atoms with Crippen molar-refractivity contribution in [1.82, 2.24) is 0 Å². The van der Waals surface area contributed by atoms with E-state index in [2.05, 4.69) is 44.3 Å². The second-order valence-corrected chi connectivity index (χ2v) is 9.67. The van der Waals surface area contributed by atoms with Gasteiger partial charge in [0.1, 0.15) is 0 Å². The van der Waals surface area contributed by atoms with Crippen molar-refractivity contribution in [2.75, 3.05) is 10.2 Å². The number of hydrogen-bond donors (Lipinski definition) is 1. The summed E-state index contributed by atoms with van der Waals surface area (Å²) in [6.45, 7) is 0. The molecule has 0 aliphatic carbocycles. The molecule has 0 unspecified atom stereocenters. The Hall–Kier alpha value is -4.35. The maximum absolute atomic E-state index is 13.5. The molecule has 0 radical (unpaired) electrons. The molecule has 5 aromatic carbocycles. The molecule has 0 saturated heterocycles. The van der Waals surface area contributed by atoms with E-state index in [4.69, 9.17) is 4.74 Å². The number of nitrogens with zero attached hydrogens (tertiary/aromatic N) is 1. The zero-order valence-electron chi connectivity index (χ0n) is 19.9. The Kier molecular flexibility index (Phi) is 6.21. The second-order valence-electron chi connectivity index (χ2n) is 8.81. The number of hydrogen-bond acceptors (Lipinski definition) is 3. The van der Waals surface area contributed by atoms with Crippen molar-refractivity contribution >= 4 is 44.6 Å². The van der Waals surface area contributed by atoms with E-state index in [0.29, 0.717) is 5.56 Å². The molecule has 0 spiro atoms. The van der Waals surface area contributed by atoms with Gasteiger partial charge in [0, 0.05) is 15.7 Å². The number of ether oxygens (including phenoxy) is 1. The standard InChI is InChI=1S/C32H23BrN2O2/c33-25-19-18-24(32(36)34-26-13-5-4-12-23(26)20-22-10-2-1-3-11-22)21-29(25)35-27-14-6-8-16-30(27)37-31-17-9-7-15-28(31)35/h1-19,21H,20H2,(H,34,36). The summed E-state index contributed by atoms with van der Waals surface area (Å²) < 4.78 is 7.03. The first-order valence-electron chi connectivity index (χ1n) is 12.1. The molecule has 6 rings (SSSR count). The molecule has 0 fully saturated rings. The van der Waals surface area contributed by atoms with E-state index in [1.54, 1.807) is 0 Å². The highest BCUT2D eigenvalue weighted by Crippen LogP contribution is 2.51. The predicted octanol–water partition coefficient (Wildman–Crippen LogP) is 8.87. The highest BCUT2D eigenvalue weighted by molar-refractivity contribution is 9.10. The topological polar surface area (TPSA) is 41.6 Å². The molecule has 1 N–H and O–H groups in total. The Morgan fingerprint density at radius 3 is 2.05 bits per heavy atom. The Labute approximate surface area is 224 Å². The summed E-state index contributed by atoms with van der Waals surface area (Å²) >= 11 is 3.72. The minimum Gasteiger partial charge on any atom is -0.453 e. The lowest BCUT2D eigenvalue weighted by molar-refractivity contribution is 0.102. The molecule has 4 nitrogen and oxygen atoms in total. The number of amides is 1. The average Bonchev–Trinajstić information content (AvgIpc) is 2.94. The molecule has 0 atom stereocenters. The van der Waals surface area contributed by atoms with E-state index in [-0.39, 0.29) is 5.91 Å². The van der Waals surface area contributed by atoms with Gasteiger partial charge >= 0.3 is 0 Å². The van der Waals surface area contributed by atoms with Crippen LogP contribution in [0.3, 0.4) is 0 Å². The van der Waals surface area contributed by atoms with Gasteiger partial charge in [-0.25, -0.2) is 0 Å². The minimum absolute atomic E-state index is 0.163. The maximum atomic E-state index is 13.5. The van der Waals surface area contributed by atoms with Crippen molar-refractivity contribution < 1.29 is 9.53 Å². The van der Waals surface area contributed by atoms with Crippen LogP contribution >= 0.6 is 15.9 Å². The lowest BCUT2D eigenvalue weighted by Gasteiger charge is -2.33. The third kappa shape index (κ3) is 4.61. The summed E-state index contributed by atoms with van der Waals surface area (Å²) in [5.74, 6) is 1.36. The van der Waals surface area contributed by atoms with Gasteiger partial charge in [-0.05, 0) is 82.0 Å². The van der Waals surface area contributed by atoms with Gasteiger partial charge in [0.05, 0.1) is 17.1 Å². The van der Waals surface area contributed by atoms with Crippen LogP contribution in [0.2, 0.25) is 0 Å². The lowest BCUT2D eigenvalue weighted by Crippen LogP contribution is -2.18. The third-order valence-corrected chi connectivity index (χ3v) is 7.05. The van der Waals surface area contributed by atoms with Gasteiger partial charge in [-0.3, -0.25) is 4.79 Å². The quantitative estimate of drug-likeness (QED) is 0.234. The summed E-state index contributed by atoms with van der Waals surface area (Å²) in [5.41, 5.74) is 6.31. The first kappa shape index (κ1) is 23.1. The maximum Gasteiger partial charge on any atom is 0.255 e. The molecule has 0 aromatic heterocycles. The van der Waals surface area contributed by atoms with Crippen LogP contribution in [0.25, 0.3) is 0 Å². The largest absolute Gasteiger partial charge is 0.453 e. The van der Waals surface area contributed by atoms with Crippen LogP contribution in [0.5, 0.6) is 11.5 Å². The van der Waals surface area contributed by atoms with Crippen LogP contribution in [0.4, 0.5) is 22.7 Å². The molecule has 1 heterocycles. The summed E-state index contributed by atoms with van der Waals surface area (Å²) in [4.78, 5) is 15.6. The smallest absolute Gasteiger partial charge is 0.255 e. The van der Waals surface area contributed by atoms with E-state index in [9.17, 15) is 4.79 Å². The van der Waals surface area contributed by atoms with Gasteiger partial charge in [-0.2, -0.15) is 0 Å². The molecule has 5 heteroatoms. The third-order valence-electron chi connectivity index (χ3n) is 6.38. The molecule has 1 amide bonds. The van der Waals surface area contributed by atoms with Gasteiger partial charge in [0.25, 0.3) is 5.91 Å². The summed E-state index contributed by atoms with van der Waals surface area (Å²) in [7, 11) is 0. The van der Waals surface area contributed by atoms with Crippen LogP contribution in [-0.4, -0.2) is 5.91 Å². The Morgan fingerprint density at radius 2 is 1.32 bits per heavy atom. The number of anilines is 4. The van der Waals surface area contributed by atoms with Crippen molar-refractivity contribution in [1.29, 1.82) is 0 Å². The highest BCUT2D eigenvalue weighted by atomic mass is 79.9. The Bertz CT molecular complexity index is 1550. The van der Waals surface area contributed by atoms with Gasteiger partial charge in [0.15, 0.2) is 11.5 Å². The molecule has 1 aliphatic heterocycles. The number of benzene rings is 5. The fourth-order valence-electron chi connectivity index (χ4n) is 4.60. The first-order valence-corrected chi connectivity index (χ1v) is 12.9. The number of nitrogens with one attached hydrogen (secondary N) is 1. The molecular formula is C32H23BrN2O2. The highest BCUT2D eigenvalue weighted by Gasteiger charge is 2.27. The molecule has 180 valence electrons. The van der Waals surface area contributed by atoms with Gasteiger partial charge in [0.2, 0.25) is 0 Å². The minimum atomic E-state index is -0.163. The monoisotopic (exact) mass is 546 g/mol. The zero-order valence-corrected chi connectivity index (χ0v) is 21.5. The van der Waals surface area contributed by atoms with E-state index in [1.165, 1.54) is 5.56 Å². The van der Waals surface area contributed by atoms with Crippen LogP contribution in [0.1, 0.15) is 21.5 Å². The molecule has 0 saturated carbocycles. The normalized spacial score (nSPS) is 11.8. The van der Waals surface area contributed by atoms with Crippen molar-refractivity contribution in [3.8, 4) is 11.5 Å². The average molecular weight is 547 g/mol. The van der Waals surface area contributed by atoms with Crippen molar-refractivity contribution in [3.63, 3.8) is 0 Å². The molecule has 5 aromatic rings. The van der Waals surface area contributed by atoms with E-state index >= 15 is 0 Å². The fourth-order valence-corrected chi connectivity index (χ4v) is 5.02. The molecule has 1 aliphatic rings. The number of para-hydroxylation sites is 5. The van der Waals surface area contributed by atoms with Crippen LogP contribution < -0.4 is 15.0 Å². The number of carbonyl (C=O) groups is 1. The number of halogens is 1. The van der Waals surface area contributed by atoms with E-state index in [0.717, 1.165) is 50.7 Å². The van der Waals surface area contributed by atoms with Crippen LogP contribution in [-0.2, 0) is 6.42 Å². The second kappa shape index (κ2) is 9.96. The lowest BCUT2D eigenvalue weighted by atomic mass is 10.0. The number of fused-ring (bicyclic) bond motifs is 2. The van der Waals surface area contributed by atoms with Gasteiger partial charge in [-0.15, -0.1) is 0 Å². The van der Waals surface area contributed by atoms with Crippen molar-refractivity contribution in [3.05, 3.63) is 142 Å². The predicted molar refractivity (Wildman–Crippen MR) is 153 cm³/mol. The SMILES string of the molecule is O=C(Nc1ccccc1Cc1ccccc1)c1ccc(Br)c(N2c3ccccc3Oc3ccccc32)c1. The summed E-state index contributed by atoms with van der Waals surface area (Å²) in [6, 6.07) is 39.7. The molecule has 37 heavy (non-hydrogen) atoms. The molecular weight excluding hydrogens is 524 g/mol. The Balaban J connectivity index is 1.35. The van der Waals surface area contributed by atoms with Gasteiger partial charge < -0.3 is 15.0 Å². The molecule has 0 bridgehead atoms. The van der Waals surface area contributed by atoms with Crippen molar-refractivity contribution in [2.45, 2.75) is 6.42 Å².